The van der Waals surface area contributed by atoms with Crippen LogP contribution in [0.3, 0.4) is 0 Å². The van der Waals surface area contributed by atoms with Crippen molar-refractivity contribution < 1.29 is 4.79 Å². The molecule has 1 amide bonds. The monoisotopic (exact) mass is 385 g/mol. The predicted octanol–water partition coefficient (Wildman–Crippen LogP) is 3.88. The number of aromatic nitrogens is 3. The first-order chi connectivity index (χ1) is 13.0. The normalized spacial score (nSPS) is 12.1. The molecule has 0 aliphatic rings. The van der Waals surface area contributed by atoms with Crippen LogP contribution in [0, 0.1) is 5.92 Å². The van der Waals surface area contributed by atoms with Gasteiger partial charge in [0.2, 0.25) is 5.91 Å². The molecule has 2 heterocycles. The van der Waals surface area contributed by atoms with E-state index in [0.717, 1.165) is 40.9 Å². The van der Waals surface area contributed by atoms with Crippen molar-refractivity contribution in [2.75, 3.05) is 25.5 Å². The smallest absolute Gasteiger partial charge is 0.219 e. The highest BCUT2D eigenvalue weighted by molar-refractivity contribution is 6.31. The van der Waals surface area contributed by atoms with Crippen LogP contribution in [0.15, 0.2) is 36.8 Å². The van der Waals surface area contributed by atoms with E-state index in [9.17, 15) is 4.79 Å². The second-order valence-corrected chi connectivity index (χ2v) is 7.27. The minimum atomic E-state index is 0.0720. The minimum absolute atomic E-state index is 0.0720. The number of aromatic amines is 1. The van der Waals surface area contributed by atoms with Crippen LogP contribution in [0.2, 0.25) is 5.02 Å². The number of carbonyl (C=O) groups excluding carboxylic acids is 1. The van der Waals surface area contributed by atoms with Crippen LogP contribution in [0.1, 0.15) is 19.8 Å². The van der Waals surface area contributed by atoms with Gasteiger partial charge in [0, 0.05) is 43.8 Å². The number of benzene rings is 1. The number of H-pyrrole nitrogens is 1. The Hall–Kier alpha value is -2.60. The first-order valence-electron chi connectivity index (χ1n) is 8.99. The lowest BCUT2D eigenvalue weighted by Crippen LogP contribution is -2.26. The highest BCUT2D eigenvalue weighted by atomic mass is 35.5. The Balaban J connectivity index is 1.88. The summed E-state index contributed by atoms with van der Waals surface area (Å²) >= 11 is 6.17. The molecule has 1 aromatic carbocycles. The van der Waals surface area contributed by atoms with E-state index >= 15 is 0 Å². The number of halogens is 1. The zero-order valence-corrected chi connectivity index (χ0v) is 16.5. The Bertz CT molecular complexity index is 939. The van der Waals surface area contributed by atoms with Crippen LogP contribution >= 0.6 is 11.6 Å². The van der Waals surface area contributed by atoms with Gasteiger partial charge < -0.3 is 15.2 Å². The summed E-state index contributed by atoms with van der Waals surface area (Å²) in [6.45, 7) is 2.94. The largest absolute Gasteiger partial charge is 0.359 e. The van der Waals surface area contributed by atoms with Crippen LogP contribution < -0.4 is 10.2 Å². The van der Waals surface area contributed by atoms with Crippen LogP contribution in [0.5, 0.6) is 0 Å². The average Bonchev–Trinajstić information content (AvgIpc) is 3.10. The van der Waals surface area contributed by atoms with Gasteiger partial charge in [-0.25, -0.2) is 9.97 Å². The van der Waals surface area contributed by atoms with E-state index in [4.69, 9.17) is 11.6 Å². The Morgan fingerprint density at radius 2 is 2.19 bits per heavy atom. The number of fused-ring (bicyclic) bond motifs is 1. The van der Waals surface area contributed by atoms with Gasteiger partial charge in [-0.3, -0.25) is 4.79 Å². The molecular formula is C20H24ClN5O. The second-order valence-electron chi connectivity index (χ2n) is 6.83. The lowest BCUT2D eigenvalue weighted by molar-refractivity contribution is -0.120. The quantitative estimate of drug-likeness (QED) is 0.647. The molecule has 3 rings (SSSR count). The molecule has 0 fully saturated rings. The van der Waals surface area contributed by atoms with Gasteiger partial charge in [-0.2, -0.15) is 0 Å². The summed E-state index contributed by atoms with van der Waals surface area (Å²) in [5, 5.41) is 4.33. The fourth-order valence-corrected chi connectivity index (χ4v) is 3.46. The number of nitrogens with zero attached hydrogens (tertiary/aromatic N) is 3. The van der Waals surface area contributed by atoms with Crippen molar-refractivity contribution in [3.05, 3.63) is 41.8 Å². The number of amides is 1. The number of anilines is 1. The van der Waals surface area contributed by atoms with E-state index in [-0.39, 0.29) is 5.91 Å². The van der Waals surface area contributed by atoms with Gasteiger partial charge >= 0.3 is 0 Å². The van der Waals surface area contributed by atoms with E-state index in [1.54, 1.807) is 13.4 Å². The molecule has 3 aromatic rings. The van der Waals surface area contributed by atoms with E-state index in [2.05, 4.69) is 32.1 Å². The number of carbonyl (C=O) groups is 1. The number of hydrogen-bond donors (Lipinski definition) is 2. The van der Waals surface area contributed by atoms with E-state index in [0.29, 0.717) is 17.4 Å². The molecule has 0 aliphatic heterocycles. The molecule has 2 aromatic heterocycles. The molecule has 0 radical (unpaired) electrons. The highest BCUT2D eigenvalue weighted by Gasteiger charge is 2.17. The van der Waals surface area contributed by atoms with E-state index in [1.165, 1.54) is 0 Å². The number of nitrogens with one attached hydrogen (secondary N) is 2. The fraction of sp³-hybridized carbons (Fsp3) is 0.350. The van der Waals surface area contributed by atoms with Crippen molar-refractivity contribution in [2.24, 2.45) is 5.92 Å². The third-order valence-electron chi connectivity index (χ3n) is 4.68. The molecule has 0 aliphatic carbocycles. The van der Waals surface area contributed by atoms with E-state index < -0.39 is 0 Å². The number of rotatable bonds is 7. The molecule has 142 valence electrons. The Kier molecular flexibility index (Phi) is 5.96. The van der Waals surface area contributed by atoms with E-state index in [1.807, 2.05) is 37.5 Å². The standard InChI is InChI=1S/C20H24ClN5O/c1-13(7-8-17(27)22-2)11-26(3)20-18-16(10-23-19(18)24-12-25-20)14-5-4-6-15(21)9-14/h4-6,9-10,12-13H,7-8,11H2,1-3H3,(H,22,27)(H,23,24,25). The van der Waals surface area contributed by atoms with Gasteiger partial charge in [-0.15, -0.1) is 0 Å². The lowest BCUT2D eigenvalue weighted by Gasteiger charge is -2.23. The fourth-order valence-electron chi connectivity index (χ4n) is 3.27. The van der Waals surface area contributed by atoms with Gasteiger partial charge in [-0.1, -0.05) is 30.7 Å². The Morgan fingerprint density at radius 1 is 1.37 bits per heavy atom. The van der Waals surface area contributed by atoms with Gasteiger partial charge in [0.1, 0.15) is 17.8 Å². The molecule has 0 saturated heterocycles. The second kappa shape index (κ2) is 8.39. The van der Waals surface area contributed by atoms with Crippen LogP contribution in [-0.4, -0.2) is 41.5 Å². The summed E-state index contributed by atoms with van der Waals surface area (Å²) < 4.78 is 0. The van der Waals surface area contributed by atoms with Crippen LogP contribution in [0.25, 0.3) is 22.2 Å². The van der Waals surface area contributed by atoms with Crippen molar-refractivity contribution in [3.8, 4) is 11.1 Å². The molecule has 6 nitrogen and oxygen atoms in total. The summed E-state index contributed by atoms with van der Waals surface area (Å²) in [6.07, 6.45) is 4.87. The molecule has 0 spiro atoms. The van der Waals surface area contributed by atoms with Crippen molar-refractivity contribution in [2.45, 2.75) is 19.8 Å². The SMILES string of the molecule is CNC(=O)CCC(C)CN(C)c1ncnc2[nH]cc(-c3cccc(Cl)c3)c12. The van der Waals surface area contributed by atoms with Crippen LogP contribution in [-0.2, 0) is 4.79 Å². The van der Waals surface area contributed by atoms with Crippen molar-refractivity contribution >= 4 is 34.4 Å². The van der Waals surface area contributed by atoms with Crippen molar-refractivity contribution in [1.82, 2.24) is 20.3 Å². The topological polar surface area (TPSA) is 73.9 Å². The summed E-state index contributed by atoms with van der Waals surface area (Å²) in [5.41, 5.74) is 2.83. The summed E-state index contributed by atoms with van der Waals surface area (Å²) in [7, 11) is 3.69. The lowest BCUT2D eigenvalue weighted by atomic mass is 10.0. The van der Waals surface area contributed by atoms with Crippen molar-refractivity contribution in [1.29, 1.82) is 0 Å². The van der Waals surface area contributed by atoms with Crippen molar-refractivity contribution in [3.63, 3.8) is 0 Å². The Labute approximate surface area is 164 Å². The predicted molar refractivity (Wildman–Crippen MR) is 110 cm³/mol. The molecule has 27 heavy (non-hydrogen) atoms. The average molecular weight is 386 g/mol. The van der Waals surface area contributed by atoms with Gasteiger partial charge in [0.25, 0.3) is 0 Å². The maximum atomic E-state index is 11.5. The maximum Gasteiger partial charge on any atom is 0.219 e. The zero-order valence-electron chi connectivity index (χ0n) is 15.8. The van der Waals surface area contributed by atoms with Gasteiger partial charge in [0.05, 0.1) is 5.39 Å². The molecular weight excluding hydrogens is 362 g/mol. The molecule has 0 bridgehead atoms. The molecule has 1 atom stereocenters. The minimum Gasteiger partial charge on any atom is -0.359 e. The molecule has 1 unspecified atom stereocenters. The number of hydrogen-bond acceptors (Lipinski definition) is 4. The highest BCUT2D eigenvalue weighted by Crippen LogP contribution is 2.34. The Morgan fingerprint density at radius 3 is 2.93 bits per heavy atom. The third kappa shape index (κ3) is 4.39. The molecule has 2 N–H and O–H groups in total. The van der Waals surface area contributed by atoms with Crippen LogP contribution in [0.4, 0.5) is 5.82 Å². The third-order valence-corrected chi connectivity index (χ3v) is 4.91. The molecule has 7 heteroatoms. The molecule has 0 saturated carbocycles. The maximum absolute atomic E-state index is 11.5. The van der Waals surface area contributed by atoms with Gasteiger partial charge in [0.15, 0.2) is 0 Å². The van der Waals surface area contributed by atoms with Gasteiger partial charge in [-0.05, 0) is 30.0 Å². The zero-order chi connectivity index (χ0) is 19.4. The summed E-state index contributed by atoms with van der Waals surface area (Å²) in [6, 6.07) is 7.76. The summed E-state index contributed by atoms with van der Waals surface area (Å²) in [4.78, 5) is 25.7. The first-order valence-corrected chi connectivity index (χ1v) is 9.37. The summed E-state index contributed by atoms with van der Waals surface area (Å²) in [5.74, 6) is 1.29. The first kappa shape index (κ1) is 19.2.